The molecule has 3 nitrogen and oxygen atoms in total. The normalized spacial score (nSPS) is 18.5. The number of fused-ring (bicyclic) bond motifs is 6. The molecule has 1 aliphatic heterocycles. The maximum absolute atomic E-state index is 6.17. The molecule has 2 aliphatic rings. The van der Waals surface area contributed by atoms with E-state index < -0.39 is 0 Å². The third kappa shape index (κ3) is 5.79. The van der Waals surface area contributed by atoms with Gasteiger partial charge in [-0.15, -0.1) is 0 Å². The van der Waals surface area contributed by atoms with Crippen molar-refractivity contribution >= 4 is 50.4 Å². The zero-order valence-corrected chi connectivity index (χ0v) is 33.6. The van der Waals surface area contributed by atoms with Gasteiger partial charge in [-0.05, 0) is 138 Å². The lowest BCUT2D eigenvalue weighted by Gasteiger charge is -2.50. The summed E-state index contributed by atoms with van der Waals surface area (Å²) in [6.45, 7) is 5.03. The zero-order chi connectivity index (χ0) is 39.6. The highest BCUT2D eigenvalue weighted by atomic mass is 16.3. The van der Waals surface area contributed by atoms with Gasteiger partial charge in [0.2, 0.25) is 0 Å². The van der Waals surface area contributed by atoms with Crippen LogP contribution in [-0.2, 0) is 5.41 Å². The fourth-order valence-corrected chi connectivity index (χ4v) is 10.3. The van der Waals surface area contributed by atoms with E-state index in [0.717, 1.165) is 34.6 Å². The number of benzene rings is 8. The monoisotopic (exact) mass is 762 g/mol. The number of furan rings is 1. The first-order valence-electron chi connectivity index (χ1n) is 21.0. The first kappa shape index (κ1) is 35.3. The van der Waals surface area contributed by atoms with Crippen molar-refractivity contribution < 1.29 is 4.42 Å². The third-order valence-electron chi connectivity index (χ3n) is 13.6. The second kappa shape index (κ2) is 13.9. The molecule has 1 aromatic heterocycles. The lowest BCUT2D eigenvalue weighted by molar-refractivity contribution is 0.195. The summed E-state index contributed by atoms with van der Waals surface area (Å²) < 4.78 is 6.17. The van der Waals surface area contributed by atoms with Crippen molar-refractivity contribution in [3.05, 3.63) is 200 Å². The van der Waals surface area contributed by atoms with E-state index in [1.807, 2.05) is 6.07 Å². The molecule has 2 heterocycles. The number of hydrogen-bond acceptors (Lipinski definition) is 3. The molecule has 0 amide bonds. The van der Waals surface area contributed by atoms with E-state index in [1.54, 1.807) is 0 Å². The number of anilines is 5. The molecule has 0 bridgehead atoms. The molecule has 0 N–H and O–H groups in total. The average molecular weight is 763 g/mol. The predicted octanol–water partition coefficient (Wildman–Crippen LogP) is 15.8. The number of nitrogens with zero attached hydrogens (tertiary/aromatic N) is 2. The smallest absolute Gasteiger partial charge is 0.135 e. The van der Waals surface area contributed by atoms with Crippen molar-refractivity contribution in [1.29, 1.82) is 0 Å². The summed E-state index contributed by atoms with van der Waals surface area (Å²) in [4.78, 5) is 5.00. The Morgan fingerprint density at radius 2 is 0.949 bits per heavy atom. The van der Waals surface area contributed by atoms with Crippen LogP contribution in [-0.4, -0.2) is 5.54 Å². The molecule has 8 aromatic carbocycles. The summed E-state index contributed by atoms with van der Waals surface area (Å²) in [5.74, 6) is 0. The van der Waals surface area contributed by atoms with Crippen molar-refractivity contribution in [3.63, 3.8) is 0 Å². The molecule has 1 fully saturated rings. The number of para-hydroxylation sites is 2. The van der Waals surface area contributed by atoms with Crippen LogP contribution in [0.1, 0.15) is 45.1 Å². The van der Waals surface area contributed by atoms with Gasteiger partial charge in [-0.3, -0.25) is 0 Å². The van der Waals surface area contributed by atoms with Crippen LogP contribution in [0.2, 0.25) is 0 Å². The Kier molecular flexibility index (Phi) is 8.34. The molecular formula is C56H46N2O. The van der Waals surface area contributed by atoms with Gasteiger partial charge in [-0.1, -0.05) is 135 Å². The lowest BCUT2D eigenvalue weighted by Crippen LogP contribution is -2.54. The Hall–Kier alpha value is -6.84. The van der Waals surface area contributed by atoms with Crippen molar-refractivity contribution in [2.45, 2.75) is 50.5 Å². The lowest BCUT2D eigenvalue weighted by atomic mass is 9.61. The molecule has 11 rings (SSSR count). The van der Waals surface area contributed by atoms with Crippen LogP contribution in [0.3, 0.4) is 0 Å². The molecule has 3 heteroatoms. The minimum atomic E-state index is -0.0275. The maximum atomic E-state index is 6.17. The Balaban J connectivity index is 0.907. The third-order valence-corrected chi connectivity index (χ3v) is 13.6. The van der Waals surface area contributed by atoms with Crippen LogP contribution >= 0.6 is 0 Å². The zero-order valence-electron chi connectivity index (χ0n) is 33.6. The van der Waals surface area contributed by atoms with Crippen molar-refractivity contribution in [1.82, 2.24) is 0 Å². The number of rotatable bonds is 7. The summed E-state index contributed by atoms with van der Waals surface area (Å²) in [6.07, 6.45) is 4.85. The van der Waals surface area contributed by atoms with Crippen molar-refractivity contribution in [2.24, 2.45) is 0 Å². The van der Waals surface area contributed by atoms with Gasteiger partial charge >= 0.3 is 0 Å². The fraction of sp³-hybridized carbons (Fsp3) is 0.143. The highest BCUT2D eigenvalue weighted by Crippen LogP contribution is 2.61. The van der Waals surface area contributed by atoms with Gasteiger partial charge in [-0.25, -0.2) is 0 Å². The fourth-order valence-electron chi connectivity index (χ4n) is 10.3. The first-order valence-corrected chi connectivity index (χ1v) is 21.0. The van der Waals surface area contributed by atoms with Gasteiger partial charge in [-0.2, -0.15) is 0 Å². The van der Waals surface area contributed by atoms with Crippen molar-refractivity contribution in [2.75, 3.05) is 9.80 Å². The highest BCUT2D eigenvalue weighted by molar-refractivity contribution is 6.06. The molecule has 1 aliphatic carbocycles. The van der Waals surface area contributed by atoms with Gasteiger partial charge in [0.15, 0.2) is 0 Å². The van der Waals surface area contributed by atoms with Gasteiger partial charge in [0, 0.05) is 44.6 Å². The molecule has 0 radical (unpaired) electrons. The van der Waals surface area contributed by atoms with Crippen molar-refractivity contribution in [3.8, 4) is 33.4 Å². The number of hydrogen-bond donors (Lipinski definition) is 0. The quantitative estimate of drug-likeness (QED) is 0.161. The summed E-state index contributed by atoms with van der Waals surface area (Å²) >= 11 is 0. The molecule has 1 saturated carbocycles. The van der Waals surface area contributed by atoms with E-state index in [2.05, 4.69) is 212 Å². The van der Waals surface area contributed by atoms with Crippen LogP contribution in [0.5, 0.6) is 0 Å². The molecule has 9 aromatic rings. The van der Waals surface area contributed by atoms with Gasteiger partial charge in [0.05, 0.1) is 5.54 Å². The standard InChI is InChI=1S/C56H46N2O/c1-55-35-11-12-36-56(55,2)58(52-33-25-44(38-51(52)55)43-26-34-54-50(37-43)49-17-9-10-18-53(49)59-54)48-31-23-42(24-32-48)41-21-29-47(30-22-41)57(45-15-7-4-8-16-45)46-27-19-40(20-28-46)39-13-5-3-6-14-39/h3-10,13-34,37-38H,11-12,35-36H2,1-2H3. The SMILES string of the molecule is CC12CCCCC1(C)N(c1ccc(-c3ccc(N(c4ccccc4)c4ccc(-c5ccccc5)cc4)cc3)cc1)c1ccc(-c3ccc4oc5ccccc5c4c3)cc12. The maximum Gasteiger partial charge on any atom is 0.135 e. The van der Waals surface area contributed by atoms with Crippen LogP contribution in [0, 0.1) is 0 Å². The van der Waals surface area contributed by atoms with Gasteiger partial charge < -0.3 is 14.2 Å². The second-order valence-electron chi connectivity index (χ2n) is 16.9. The predicted molar refractivity (Wildman–Crippen MR) is 248 cm³/mol. The second-order valence-corrected chi connectivity index (χ2v) is 16.9. The largest absolute Gasteiger partial charge is 0.456 e. The topological polar surface area (TPSA) is 19.6 Å². The summed E-state index contributed by atoms with van der Waals surface area (Å²) in [5, 5.41) is 2.34. The Labute approximate surface area is 346 Å². The van der Waals surface area contributed by atoms with Crippen LogP contribution < -0.4 is 9.80 Å². The molecular weight excluding hydrogens is 717 g/mol. The Bertz CT molecular complexity index is 2950. The molecule has 286 valence electrons. The van der Waals surface area contributed by atoms with E-state index in [0.29, 0.717) is 0 Å². The van der Waals surface area contributed by atoms with Crippen LogP contribution in [0.25, 0.3) is 55.3 Å². The van der Waals surface area contributed by atoms with Gasteiger partial charge in [0.1, 0.15) is 11.2 Å². The van der Waals surface area contributed by atoms with E-state index in [-0.39, 0.29) is 11.0 Å². The van der Waals surface area contributed by atoms with E-state index in [9.17, 15) is 0 Å². The highest BCUT2D eigenvalue weighted by Gasteiger charge is 2.57. The van der Waals surface area contributed by atoms with E-state index in [1.165, 1.54) is 80.4 Å². The molecule has 0 saturated heterocycles. The molecule has 0 spiro atoms. The minimum absolute atomic E-state index is 0.0275. The average Bonchev–Trinajstić information content (AvgIpc) is 3.77. The molecule has 2 unspecified atom stereocenters. The van der Waals surface area contributed by atoms with Crippen LogP contribution in [0.15, 0.2) is 199 Å². The summed E-state index contributed by atoms with van der Waals surface area (Å²) in [6, 6.07) is 70.6. The first-order chi connectivity index (χ1) is 29.0. The van der Waals surface area contributed by atoms with Gasteiger partial charge in [0.25, 0.3) is 0 Å². The van der Waals surface area contributed by atoms with E-state index >= 15 is 0 Å². The molecule has 2 atom stereocenters. The Morgan fingerprint density at radius 3 is 1.64 bits per heavy atom. The summed E-state index contributed by atoms with van der Waals surface area (Å²) in [5.41, 5.74) is 16.7. The Morgan fingerprint density at radius 1 is 0.441 bits per heavy atom. The molecule has 59 heavy (non-hydrogen) atoms. The van der Waals surface area contributed by atoms with Crippen LogP contribution in [0.4, 0.5) is 28.4 Å². The minimum Gasteiger partial charge on any atom is -0.456 e. The summed E-state index contributed by atoms with van der Waals surface area (Å²) in [7, 11) is 0. The van der Waals surface area contributed by atoms with E-state index in [4.69, 9.17) is 4.42 Å².